The van der Waals surface area contributed by atoms with Crippen molar-refractivity contribution in [3.8, 4) is 0 Å². The van der Waals surface area contributed by atoms with Crippen LogP contribution in [0.5, 0.6) is 0 Å². The van der Waals surface area contributed by atoms with Crippen molar-refractivity contribution in [2.45, 2.75) is 224 Å². The molecule has 2 saturated carbocycles. The van der Waals surface area contributed by atoms with E-state index in [-0.39, 0.29) is 24.6 Å². The van der Waals surface area contributed by atoms with E-state index < -0.39 is 7.82 Å². The third-order valence-corrected chi connectivity index (χ3v) is 13.9. The van der Waals surface area contributed by atoms with E-state index in [4.69, 9.17) is 14.0 Å². The first kappa shape index (κ1) is 51.3. The van der Waals surface area contributed by atoms with Crippen LogP contribution in [0.2, 0.25) is 0 Å². The van der Waals surface area contributed by atoms with Gasteiger partial charge in [-0.2, -0.15) is 0 Å². The zero-order chi connectivity index (χ0) is 41.6. The maximum Gasteiger partial charge on any atom is 0.471 e. The molecule has 0 aromatic rings. The third kappa shape index (κ3) is 22.2. The quantitative estimate of drug-likeness (QED) is 0.0379. The summed E-state index contributed by atoms with van der Waals surface area (Å²) in [6.45, 7) is 6.19. The molecule has 1 saturated heterocycles. The SMILES string of the molecule is CCCCC/C=C\C/C=C\CCCCCCCCC1(CCCCCCCC/C=C\C/C=C\CCCCC)CC2(C1)O[C@H]1CC(CN(C)CCOP(=O)(O)OC)C[C@H]1O2. The van der Waals surface area contributed by atoms with Crippen molar-refractivity contribution < 1.29 is 28.0 Å². The minimum absolute atomic E-state index is 0.167. The topological polar surface area (TPSA) is 77.5 Å². The zero-order valence-electron chi connectivity index (χ0n) is 38.1. The molecule has 1 spiro atoms. The minimum Gasteiger partial charge on any atom is -0.344 e. The molecule has 3 fully saturated rings. The predicted molar refractivity (Wildman–Crippen MR) is 245 cm³/mol. The van der Waals surface area contributed by atoms with Crippen molar-refractivity contribution in [1.29, 1.82) is 0 Å². The normalized spacial score (nSPS) is 22.4. The number of ether oxygens (including phenoxy) is 2. The lowest BCUT2D eigenvalue weighted by Gasteiger charge is -2.54. The second kappa shape index (κ2) is 30.9. The highest BCUT2D eigenvalue weighted by atomic mass is 31.2. The van der Waals surface area contributed by atoms with Crippen LogP contribution in [-0.4, -0.2) is 61.6 Å². The average molecular weight is 832 g/mol. The Hall–Kier alpha value is -1.05. The molecule has 3 rings (SSSR count). The van der Waals surface area contributed by atoms with Crippen molar-refractivity contribution in [3.63, 3.8) is 0 Å². The van der Waals surface area contributed by atoms with Gasteiger partial charge in [0.15, 0.2) is 5.79 Å². The Balaban J connectivity index is 1.32. The van der Waals surface area contributed by atoms with Crippen LogP contribution in [0.4, 0.5) is 0 Å². The van der Waals surface area contributed by atoms with Crippen LogP contribution in [-0.2, 0) is 23.1 Å². The summed E-state index contributed by atoms with van der Waals surface area (Å²) in [5, 5.41) is 0. The van der Waals surface area contributed by atoms with Gasteiger partial charge in [0.2, 0.25) is 0 Å². The number of likely N-dealkylation sites (N-methyl/N-ethyl adjacent to an activating group) is 1. The van der Waals surface area contributed by atoms with E-state index in [0.29, 0.717) is 17.9 Å². The van der Waals surface area contributed by atoms with E-state index >= 15 is 0 Å². The van der Waals surface area contributed by atoms with Gasteiger partial charge in [-0.25, -0.2) is 4.57 Å². The molecule has 8 heteroatoms. The molecule has 0 bridgehead atoms. The van der Waals surface area contributed by atoms with E-state index in [1.807, 2.05) is 7.05 Å². The lowest BCUT2D eigenvalue weighted by molar-refractivity contribution is -0.281. The maximum atomic E-state index is 11.6. The molecule has 4 atom stereocenters. The number of phosphoric ester groups is 1. The maximum absolute atomic E-state index is 11.6. The largest absolute Gasteiger partial charge is 0.471 e. The first-order chi connectivity index (χ1) is 28.2. The van der Waals surface area contributed by atoms with Gasteiger partial charge in [-0.05, 0) is 108 Å². The van der Waals surface area contributed by atoms with Crippen LogP contribution in [0, 0.1) is 11.3 Å². The fourth-order valence-electron chi connectivity index (χ4n) is 9.64. The average Bonchev–Trinajstić information content (AvgIpc) is 3.72. The van der Waals surface area contributed by atoms with Crippen LogP contribution in [0.15, 0.2) is 48.6 Å². The lowest BCUT2D eigenvalue weighted by atomic mass is 9.59. The molecule has 7 nitrogen and oxygen atoms in total. The number of hydrogen-bond donors (Lipinski definition) is 1. The monoisotopic (exact) mass is 832 g/mol. The van der Waals surface area contributed by atoms with Crippen molar-refractivity contribution in [1.82, 2.24) is 4.90 Å². The van der Waals surface area contributed by atoms with Gasteiger partial charge in [-0.3, -0.25) is 9.05 Å². The fraction of sp³-hybridized carbons (Fsp3) is 0.840. The number of phosphoric acid groups is 1. The number of hydrogen-bond acceptors (Lipinski definition) is 6. The van der Waals surface area contributed by atoms with E-state index in [1.165, 1.54) is 161 Å². The lowest BCUT2D eigenvalue weighted by Crippen LogP contribution is -2.53. The molecule has 1 heterocycles. The predicted octanol–water partition coefficient (Wildman–Crippen LogP) is 14.8. The van der Waals surface area contributed by atoms with Crippen molar-refractivity contribution in [2.24, 2.45) is 11.3 Å². The fourth-order valence-corrected chi connectivity index (χ4v) is 10.1. The standard InChI is InChI=1S/C50H90NO6P/c1-5-7-9-11-13-15-17-19-21-23-25-27-29-31-33-35-37-49(38-36-34-32-30-28-26-24-22-20-18-16-14-12-10-8-6-2)44-50(45-49)56-47-41-46(42-48(47)57-50)43-51(3)39-40-55-58(52,53)54-4/h13-16,19-22,46-48H,5-12,17-18,23-45H2,1-4H3,(H,52,53)/b15-13-,16-14-,21-19-,22-20-/t46?,47-,48+. The molecule has 3 aliphatic rings. The molecule has 0 radical (unpaired) electrons. The Labute approximate surface area is 357 Å². The number of allylic oxidation sites excluding steroid dienone is 8. The summed E-state index contributed by atoms with van der Waals surface area (Å²) >= 11 is 0. The molecular formula is C50H90NO6P. The highest BCUT2D eigenvalue weighted by Crippen LogP contribution is 2.61. The van der Waals surface area contributed by atoms with Gasteiger partial charge in [0, 0.05) is 33.0 Å². The molecule has 0 amide bonds. The zero-order valence-corrected chi connectivity index (χ0v) is 39.0. The number of fused-ring (bicyclic) bond motifs is 1. The van der Waals surface area contributed by atoms with Crippen LogP contribution in [0.3, 0.4) is 0 Å². The Morgan fingerprint density at radius 2 is 1.05 bits per heavy atom. The van der Waals surface area contributed by atoms with Crippen molar-refractivity contribution in [2.75, 3.05) is 33.9 Å². The van der Waals surface area contributed by atoms with Gasteiger partial charge < -0.3 is 19.3 Å². The van der Waals surface area contributed by atoms with E-state index in [0.717, 1.165) is 45.1 Å². The molecule has 2 unspecified atom stereocenters. The number of rotatable bonds is 37. The summed E-state index contributed by atoms with van der Waals surface area (Å²) in [6.07, 6.45) is 57.3. The summed E-state index contributed by atoms with van der Waals surface area (Å²) in [5.41, 5.74) is 0.386. The smallest absolute Gasteiger partial charge is 0.344 e. The molecule has 2 aliphatic carbocycles. The van der Waals surface area contributed by atoms with E-state index in [2.05, 4.69) is 71.9 Å². The number of nitrogens with zero attached hydrogens (tertiary/aromatic N) is 1. The molecule has 0 aromatic heterocycles. The van der Waals surface area contributed by atoms with Crippen molar-refractivity contribution >= 4 is 7.82 Å². The van der Waals surface area contributed by atoms with Gasteiger partial charge >= 0.3 is 7.82 Å². The minimum atomic E-state index is -3.92. The Bertz CT molecular complexity index is 1130. The van der Waals surface area contributed by atoms with Gasteiger partial charge in [0.25, 0.3) is 0 Å². The highest BCUT2D eigenvalue weighted by molar-refractivity contribution is 7.47. The molecule has 336 valence electrons. The Morgan fingerprint density at radius 3 is 1.48 bits per heavy atom. The number of unbranched alkanes of at least 4 members (excludes halogenated alkanes) is 18. The highest BCUT2D eigenvalue weighted by Gasteiger charge is 2.62. The molecule has 0 aromatic carbocycles. The first-order valence-electron chi connectivity index (χ1n) is 24.4. The first-order valence-corrected chi connectivity index (χ1v) is 25.9. The summed E-state index contributed by atoms with van der Waals surface area (Å²) < 4.78 is 34.8. The third-order valence-electron chi connectivity index (χ3n) is 12.9. The van der Waals surface area contributed by atoms with Crippen molar-refractivity contribution in [3.05, 3.63) is 48.6 Å². The molecule has 58 heavy (non-hydrogen) atoms. The molecule has 1 N–H and O–H groups in total. The van der Waals surface area contributed by atoms with Crippen LogP contribution < -0.4 is 0 Å². The molecular weight excluding hydrogens is 742 g/mol. The molecule has 1 aliphatic heterocycles. The van der Waals surface area contributed by atoms with Crippen LogP contribution >= 0.6 is 7.82 Å². The van der Waals surface area contributed by atoms with Gasteiger partial charge in [0.05, 0.1) is 18.8 Å². The van der Waals surface area contributed by atoms with Gasteiger partial charge in [-0.15, -0.1) is 0 Å². The van der Waals surface area contributed by atoms with Gasteiger partial charge in [-0.1, -0.05) is 152 Å². The van der Waals surface area contributed by atoms with Gasteiger partial charge in [0.1, 0.15) is 0 Å². The van der Waals surface area contributed by atoms with Crippen LogP contribution in [0.1, 0.15) is 206 Å². The second-order valence-electron chi connectivity index (χ2n) is 18.3. The summed E-state index contributed by atoms with van der Waals surface area (Å²) in [6, 6.07) is 0. The second-order valence-corrected chi connectivity index (χ2v) is 19.9. The summed E-state index contributed by atoms with van der Waals surface area (Å²) in [4.78, 5) is 11.7. The Kier molecular flexibility index (Phi) is 27.3. The summed E-state index contributed by atoms with van der Waals surface area (Å²) in [7, 11) is -0.692. The van der Waals surface area contributed by atoms with E-state index in [1.54, 1.807) is 0 Å². The Morgan fingerprint density at radius 1 is 0.638 bits per heavy atom. The van der Waals surface area contributed by atoms with Crippen LogP contribution in [0.25, 0.3) is 0 Å². The van der Waals surface area contributed by atoms with E-state index in [9.17, 15) is 9.46 Å². The summed E-state index contributed by atoms with van der Waals surface area (Å²) in [5.74, 6) is 0.154.